The molecule has 0 saturated heterocycles. The van der Waals surface area contributed by atoms with Gasteiger partial charge in [-0.2, -0.15) is 0 Å². The van der Waals surface area contributed by atoms with E-state index in [0.29, 0.717) is 5.92 Å². The first kappa shape index (κ1) is 8.31. The molecule has 0 aliphatic heterocycles. The van der Waals surface area contributed by atoms with Crippen molar-refractivity contribution in [2.45, 2.75) is 12.8 Å². The van der Waals surface area contributed by atoms with Crippen LogP contribution in [0.5, 0.6) is 0 Å². The monoisotopic (exact) mass is 170 g/mol. The van der Waals surface area contributed by atoms with Crippen LogP contribution in [0.2, 0.25) is 0 Å². The summed E-state index contributed by atoms with van der Waals surface area (Å²) in [5.41, 5.74) is 4.02. The lowest BCUT2D eigenvalue weighted by molar-refractivity contribution is 0.650. The van der Waals surface area contributed by atoms with Gasteiger partial charge < -0.3 is 0 Å². The van der Waals surface area contributed by atoms with Crippen LogP contribution in [-0.2, 0) is 6.42 Å². The molecule has 1 aromatic rings. The van der Waals surface area contributed by atoms with Crippen LogP contribution in [0.3, 0.4) is 0 Å². The molecule has 0 amide bonds. The summed E-state index contributed by atoms with van der Waals surface area (Å²) in [5, 5.41) is 0. The summed E-state index contributed by atoms with van der Waals surface area (Å²) < 4.78 is 0. The average molecular weight is 170 g/mol. The Bertz CT molecular complexity index is 347. The zero-order valence-corrected chi connectivity index (χ0v) is 7.79. The second-order valence-corrected chi connectivity index (χ2v) is 3.66. The van der Waals surface area contributed by atoms with E-state index in [4.69, 9.17) is 0 Å². The van der Waals surface area contributed by atoms with Crippen LogP contribution in [0.1, 0.15) is 17.5 Å². The van der Waals surface area contributed by atoms with Crippen molar-refractivity contribution < 1.29 is 0 Å². The molecule has 2 rings (SSSR count). The summed E-state index contributed by atoms with van der Waals surface area (Å²) in [7, 11) is 0. The molecule has 1 unspecified atom stereocenters. The molecule has 1 aliphatic carbocycles. The van der Waals surface area contributed by atoms with E-state index < -0.39 is 0 Å². The van der Waals surface area contributed by atoms with Gasteiger partial charge in [0, 0.05) is 0 Å². The van der Waals surface area contributed by atoms with Gasteiger partial charge in [0.25, 0.3) is 0 Å². The first-order valence-electron chi connectivity index (χ1n) is 4.70. The maximum Gasteiger partial charge on any atom is -0.0155 e. The van der Waals surface area contributed by atoms with Gasteiger partial charge in [-0.3, -0.25) is 0 Å². The molecule has 0 bridgehead atoms. The van der Waals surface area contributed by atoms with Crippen molar-refractivity contribution in [1.29, 1.82) is 0 Å². The molecule has 0 nitrogen and oxygen atoms in total. The molecule has 0 N–H and O–H groups in total. The Kier molecular flexibility index (Phi) is 2.05. The lowest BCUT2D eigenvalue weighted by Crippen LogP contribution is -2.10. The number of hydrogen-bond donors (Lipinski definition) is 0. The third-order valence-electron chi connectivity index (χ3n) is 2.72. The first-order valence-corrected chi connectivity index (χ1v) is 4.70. The molecule has 0 spiro atoms. The Morgan fingerprint density at radius 2 is 2.00 bits per heavy atom. The van der Waals surface area contributed by atoms with Crippen molar-refractivity contribution >= 4 is 5.57 Å². The molecule has 0 radical (unpaired) electrons. The summed E-state index contributed by atoms with van der Waals surface area (Å²) in [5.74, 6) is 0.586. The minimum Gasteiger partial charge on any atom is -0.103 e. The third-order valence-corrected chi connectivity index (χ3v) is 2.72. The predicted octanol–water partition coefficient (Wildman–Crippen LogP) is 3.45. The number of fused-ring (bicyclic) bond motifs is 1. The molecular weight excluding hydrogens is 156 g/mol. The Morgan fingerprint density at radius 3 is 2.77 bits per heavy atom. The van der Waals surface area contributed by atoms with E-state index in [9.17, 15) is 0 Å². The molecule has 1 aromatic carbocycles. The van der Waals surface area contributed by atoms with Crippen molar-refractivity contribution in [2.24, 2.45) is 5.92 Å². The highest BCUT2D eigenvalue weighted by molar-refractivity contribution is 5.68. The Balaban J connectivity index is 2.42. The number of hydrogen-bond acceptors (Lipinski definition) is 0. The van der Waals surface area contributed by atoms with Crippen LogP contribution in [0, 0.1) is 5.92 Å². The highest BCUT2D eigenvalue weighted by Gasteiger charge is 2.17. The highest BCUT2D eigenvalue weighted by atomic mass is 14.2. The van der Waals surface area contributed by atoms with E-state index in [1.807, 2.05) is 6.08 Å². The van der Waals surface area contributed by atoms with Gasteiger partial charge in [-0.1, -0.05) is 36.9 Å². The fourth-order valence-electron chi connectivity index (χ4n) is 1.99. The fourth-order valence-corrected chi connectivity index (χ4v) is 1.99. The highest BCUT2D eigenvalue weighted by Crippen LogP contribution is 2.32. The zero-order chi connectivity index (χ0) is 9.26. The third kappa shape index (κ3) is 1.44. The van der Waals surface area contributed by atoms with E-state index in [2.05, 4.69) is 37.4 Å². The average Bonchev–Trinajstić information content (AvgIpc) is 2.18. The van der Waals surface area contributed by atoms with Crippen LogP contribution < -0.4 is 0 Å². The van der Waals surface area contributed by atoms with Crippen LogP contribution in [0.4, 0.5) is 0 Å². The van der Waals surface area contributed by atoms with E-state index in [0.717, 1.165) is 12.8 Å². The molecule has 1 atom stereocenters. The molecule has 0 heterocycles. The normalized spacial score (nSPS) is 20.9. The second kappa shape index (κ2) is 3.21. The van der Waals surface area contributed by atoms with Crippen LogP contribution in [-0.4, -0.2) is 0 Å². The van der Waals surface area contributed by atoms with Gasteiger partial charge in [0.2, 0.25) is 0 Å². The van der Waals surface area contributed by atoms with E-state index in [1.54, 1.807) is 0 Å². The van der Waals surface area contributed by atoms with Crippen molar-refractivity contribution in [3.05, 3.63) is 54.6 Å². The second-order valence-electron chi connectivity index (χ2n) is 3.66. The quantitative estimate of drug-likeness (QED) is 0.566. The summed E-state index contributed by atoms with van der Waals surface area (Å²) in [6.07, 6.45) is 4.24. The van der Waals surface area contributed by atoms with Gasteiger partial charge >= 0.3 is 0 Å². The van der Waals surface area contributed by atoms with Crippen molar-refractivity contribution in [3.63, 3.8) is 0 Å². The molecular formula is C13H14. The Hall–Kier alpha value is -1.30. The molecule has 0 fully saturated rings. The molecule has 0 saturated carbocycles. The summed E-state index contributed by atoms with van der Waals surface area (Å²) >= 11 is 0. The summed E-state index contributed by atoms with van der Waals surface area (Å²) in [4.78, 5) is 0. The molecule has 13 heavy (non-hydrogen) atoms. The summed E-state index contributed by atoms with van der Waals surface area (Å²) in [6, 6.07) is 8.53. The van der Waals surface area contributed by atoms with Gasteiger partial charge in [0.15, 0.2) is 0 Å². The number of rotatable bonds is 1. The maximum atomic E-state index is 4.11. The van der Waals surface area contributed by atoms with Crippen LogP contribution >= 0.6 is 0 Å². The van der Waals surface area contributed by atoms with Gasteiger partial charge in [-0.25, -0.2) is 0 Å². The smallest absolute Gasteiger partial charge is 0.0155 e. The summed E-state index contributed by atoms with van der Waals surface area (Å²) in [6.45, 7) is 7.96. The molecule has 66 valence electrons. The predicted molar refractivity (Wildman–Crippen MR) is 57.5 cm³/mol. The lowest BCUT2D eigenvalue weighted by atomic mass is 9.81. The van der Waals surface area contributed by atoms with E-state index >= 15 is 0 Å². The number of benzene rings is 1. The number of allylic oxidation sites excluding steroid dienone is 2. The van der Waals surface area contributed by atoms with E-state index in [-0.39, 0.29) is 0 Å². The van der Waals surface area contributed by atoms with Gasteiger partial charge in [0.1, 0.15) is 0 Å². The minimum absolute atomic E-state index is 0.586. The molecule has 0 aromatic heterocycles. The molecule has 0 heteroatoms. The van der Waals surface area contributed by atoms with Crippen LogP contribution in [0.15, 0.2) is 43.5 Å². The maximum absolute atomic E-state index is 4.11. The van der Waals surface area contributed by atoms with Crippen molar-refractivity contribution in [3.8, 4) is 0 Å². The SMILES string of the molecule is C=CC1CC(=C)c2ccccc2C1. The minimum atomic E-state index is 0.586. The zero-order valence-electron chi connectivity index (χ0n) is 7.79. The molecule has 1 aliphatic rings. The van der Waals surface area contributed by atoms with Gasteiger partial charge in [0.05, 0.1) is 0 Å². The van der Waals surface area contributed by atoms with Crippen molar-refractivity contribution in [2.75, 3.05) is 0 Å². The fraction of sp³-hybridized carbons (Fsp3) is 0.231. The van der Waals surface area contributed by atoms with E-state index in [1.165, 1.54) is 16.7 Å². The van der Waals surface area contributed by atoms with Crippen LogP contribution in [0.25, 0.3) is 5.57 Å². The largest absolute Gasteiger partial charge is 0.103 e. The van der Waals surface area contributed by atoms with Gasteiger partial charge in [-0.05, 0) is 35.5 Å². The Labute approximate surface area is 79.6 Å². The first-order chi connectivity index (χ1) is 6.31. The standard InChI is InChI=1S/C13H14/c1-3-11-8-10(2)13-7-5-4-6-12(13)9-11/h3-7,11H,1-2,8-9H2. The van der Waals surface area contributed by atoms with Gasteiger partial charge in [-0.15, -0.1) is 6.58 Å². The Morgan fingerprint density at radius 1 is 1.23 bits per heavy atom. The lowest BCUT2D eigenvalue weighted by Gasteiger charge is -2.23. The topological polar surface area (TPSA) is 0 Å². The van der Waals surface area contributed by atoms with Crippen molar-refractivity contribution in [1.82, 2.24) is 0 Å².